The molecule has 1 saturated heterocycles. The van der Waals surface area contributed by atoms with Crippen molar-refractivity contribution in [1.29, 1.82) is 0 Å². The number of halogens is 1. The number of hydrogen-bond acceptors (Lipinski definition) is 5. The number of ether oxygens (including phenoxy) is 3. The highest BCUT2D eigenvalue weighted by atomic mass is 19.1. The maximum absolute atomic E-state index is 13.7. The van der Waals surface area contributed by atoms with E-state index < -0.39 is 5.60 Å². The molecule has 0 amide bonds. The normalized spacial score (nSPS) is 26.2. The molecular formula is C28H33FO5. The average Bonchev–Trinajstić information content (AvgIpc) is 3.38. The Balaban J connectivity index is 1.69. The lowest BCUT2D eigenvalue weighted by atomic mass is 9.76. The third-order valence-corrected chi connectivity index (χ3v) is 7.07. The van der Waals surface area contributed by atoms with Crippen molar-refractivity contribution in [3.05, 3.63) is 65.0 Å². The third-order valence-electron chi connectivity index (χ3n) is 7.07. The number of hydrogen-bond donors (Lipinski definition) is 0. The minimum atomic E-state index is -0.549. The van der Waals surface area contributed by atoms with Gasteiger partial charge in [0.05, 0.1) is 31.3 Å². The molecular weight excluding hydrogens is 435 g/mol. The molecule has 0 bridgehead atoms. The van der Waals surface area contributed by atoms with Gasteiger partial charge in [-0.1, -0.05) is 24.3 Å². The number of ketones is 1. The highest BCUT2D eigenvalue weighted by molar-refractivity contribution is 5.78. The SMILES string of the molecule is COC(=O)[C@H]1CC[C@@]2(C[C@@H](c3cc(CC(C)=O)ccc3OC(C)C)CO2)[C@@H]1c1ccc(F)cc1. The summed E-state index contributed by atoms with van der Waals surface area (Å²) < 4.78 is 31.4. The van der Waals surface area contributed by atoms with Crippen LogP contribution in [0.1, 0.15) is 68.6 Å². The summed E-state index contributed by atoms with van der Waals surface area (Å²) in [6.07, 6.45) is 2.47. The number of methoxy groups -OCH3 is 1. The Morgan fingerprint density at radius 3 is 2.56 bits per heavy atom. The van der Waals surface area contributed by atoms with Crippen LogP contribution in [-0.2, 0) is 25.5 Å². The lowest BCUT2D eigenvalue weighted by Crippen LogP contribution is -2.35. The number of esters is 1. The average molecular weight is 469 g/mol. The minimum absolute atomic E-state index is 0.0100. The van der Waals surface area contributed by atoms with E-state index in [0.29, 0.717) is 25.9 Å². The van der Waals surface area contributed by atoms with Gasteiger partial charge >= 0.3 is 5.97 Å². The van der Waals surface area contributed by atoms with Gasteiger partial charge in [0.15, 0.2) is 0 Å². The maximum Gasteiger partial charge on any atom is 0.309 e. The lowest BCUT2D eigenvalue weighted by Gasteiger charge is -2.33. The van der Waals surface area contributed by atoms with Crippen LogP contribution in [0, 0.1) is 11.7 Å². The van der Waals surface area contributed by atoms with E-state index in [1.54, 1.807) is 19.1 Å². The molecule has 1 spiro atoms. The molecule has 2 aliphatic rings. The second-order valence-electron chi connectivity index (χ2n) is 9.89. The molecule has 4 rings (SSSR count). The van der Waals surface area contributed by atoms with Crippen LogP contribution in [0.4, 0.5) is 4.39 Å². The molecule has 1 saturated carbocycles. The van der Waals surface area contributed by atoms with E-state index in [0.717, 1.165) is 28.9 Å². The molecule has 4 atom stereocenters. The van der Waals surface area contributed by atoms with E-state index in [-0.39, 0.29) is 41.4 Å². The minimum Gasteiger partial charge on any atom is -0.491 e. The summed E-state index contributed by atoms with van der Waals surface area (Å²) in [6.45, 7) is 6.05. The molecule has 1 aliphatic carbocycles. The molecule has 2 fully saturated rings. The standard InChI is InChI=1S/C28H33FO5/c1-17(2)34-25-10-5-19(13-18(3)30)14-24(25)21-15-28(33-16-21)12-11-23(27(31)32-4)26(28)20-6-8-22(29)9-7-20/h5-10,14,17,21,23,26H,11-13,15-16H2,1-4H3/t21-,23+,26-,28-/m1/s1. The molecule has 1 aliphatic heterocycles. The Kier molecular flexibility index (Phi) is 7.08. The molecule has 5 nitrogen and oxygen atoms in total. The van der Waals surface area contributed by atoms with Crippen LogP contribution in [0.2, 0.25) is 0 Å². The predicted molar refractivity (Wildman–Crippen MR) is 127 cm³/mol. The second-order valence-corrected chi connectivity index (χ2v) is 9.89. The summed E-state index contributed by atoms with van der Waals surface area (Å²) in [4.78, 5) is 24.4. The number of benzene rings is 2. The topological polar surface area (TPSA) is 61.8 Å². The molecule has 2 aromatic rings. The summed E-state index contributed by atoms with van der Waals surface area (Å²) in [5.41, 5.74) is 2.32. The summed E-state index contributed by atoms with van der Waals surface area (Å²) in [7, 11) is 1.41. The molecule has 0 N–H and O–H groups in total. The quantitative estimate of drug-likeness (QED) is 0.513. The van der Waals surface area contributed by atoms with Gasteiger partial charge in [-0.15, -0.1) is 0 Å². The van der Waals surface area contributed by atoms with E-state index in [1.807, 2.05) is 26.0 Å². The van der Waals surface area contributed by atoms with Gasteiger partial charge in [-0.3, -0.25) is 9.59 Å². The summed E-state index contributed by atoms with van der Waals surface area (Å²) in [6, 6.07) is 12.3. The van der Waals surface area contributed by atoms with Gasteiger partial charge in [0, 0.05) is 18.3 Å². The maximum atomic E-state index is 13.7. The van der Waals surface area contributed by atoms with Crippen LogP contribution in [0.25, 0.3) is 0 Å². The Morgan fingerprint density at radius 2 is 1.91 bits per heavy atom. The summed E-state index contributed by atoms with van der Waals surface area (Å²) in [5, 5.41) is 0. The number of carbonyl (C=O) groups excluding carboxylic acids is 2. The van der Waals surface area contributed by atoms with E-state index in [2.05, 4.69) is 6.07 Å². The zero-order chi connectivity index (χ0) is 24.5. The Labute approximate surface area is 200 Å². The molecule has 1 heterocycles. The first kappa shape index (κ1) is 24.4. The van der Waals surface area contributed by atoms with Crippen molar-refractivity contribution in [1.82, 2.24) is 0 Å². The molecule has 0 aromatic heterocycles. The fraction of sp³-hybridized carbons (Fsp3) is 0.500. The van der Waals surface area contributed by atoms with Crippen molar-refractivity contribution in [2.24, 2.45) is 5.92 Å². The number of carbonyl (C=O) groups is 2. The highest BCUT2D eigenvalue weighted by Gasteiger charge is 2.56. The van der Waals surface area contributed by atoms with Crippen LogP contribution in [-0.4, -0.2) is 37.2 Å². The van der Waals surface area contributed by atoms with Gasteiger partial charge in [-0.2, -0.15) is 0 Å². The third kappa shape index (κ3) is 4.88. The van der Waals surface area contributed by atoms with E-state index in [9.17, 15) is 14.0 Å². The van der Waals surface area contributed by atoms with Crippen LogP contribution >= 0.6 is 0 Å². The van der Waals surface area contributed by atoms with Crippen molar-refractivity contribution in [2.45, 2.75) is 70.0 Å². The fourth-order valence-electron chi connectivity index (χ4n) is 5.77. The van der Waals surface area contributed by atoms with E-state index in [1.165, 1.54) is 19.2 Å². The van der Waals surface area contributed by atoms with Crippen molar-refractivity contribution < 1.29 is 28.2 Å². The first-order chi connectivity index (χ1) is 16.2. The van der Waals surface area contributed by atoms with Crippen LogP contribution < -0.4 is 4.74 Å². The van der Waals surface area contributed by atoms with E-state index >= 15 is 0 Å². The van der Waals surface area contributed by atoms with Crippen LogP contribution in [0.5, 0.6) is 5.75 Å². The van der Waals surface area contributed by atoms with Crippen molar-refractivity contribution >= 4 is 11.8 Å². The van der Waals surface area contributed by atoms with Crippen molar-refractivity contribution in [3.8, 4) is 5.75 Å². The van der Waals surface area contributed by atoms with Gasteiger partial charge < -0.3 is 14.2 Å². The lowest BCUT2D eigenvalue weighted by molar-refractivity contribution is -0.146. The smallest absolute Gasteiger partial charge is 0.309 e. The molecule has 0 radical (unpaired) electrons. The molecule has 34 heavy (non-hydrogen) atoms. The van der Waals surface area contributed by atoms with Gasteiger partial charge in [0.2, 0.25) is 0 Å². The largest absolute Gasteiger partial charge is 0.491 e. The van der Waals surface area contributed by atoms with Crippen molar-refractivity contribution in [2.75, 3.05) is 13.7 Å². The monoisotopic (exact) mass is 468 g/mol. The second kappa shape index (κ2) is 9.87. The van der Waals surface area contributed by atoms with Gasteiger partial charge in [-0.05, 0) is 74.9 Å². The number of Topliss-reactive ketones (excluding diaryl/α,β-unsaturated/α-hetero) is 1. The summed E-state index contributed by atoms with van der Waals surface area (Å²) in [5.74, 6) is -0.173. The molecule has 6 heteroatoms. The number of rotatable bonds is 7. The van der Waals surface area contributed by atoms with Gasteiger partial charge in [0.25, 0.3) is 0 Å². The first-order valence-electron chi connectivity index (χ1n) is 12.0. The van der Waals surface area contributed by atoms with Gasteiger partial charge in [0.1, 0.15) is 17.3 Å². The van der Waals surface area contributed by atoms with Gasteiger partial charge in [-0.25, -0.2) is 4.39 Å². The van der Waals surface area contributed by atoms with Crippen LogP contribution in [0.15, 0.2) is 42.5 Å². The first-order valence-corrected chi connectivity index (χ1v) is 12.0. The predicted octanol–water partition coefficient (Wildman–Crippen LogP) is 5.35. The van der Waals surface area contributed by atoms with E-state index in [4.69, 9.17) is 14.2 Å². The zero-order valence-corrected chi connectivity index (χ0v) is 20.3. The summed E-state index contributed by atoms with van der Waals surface area (Å²) >= 11 is 0. The molecule has 182 valence electrons. The fourth-order valence-corrected chi connectivity index (χ4v) is 5.77. The molecule has 2 aromatic carbocycles. The Hall–Kier alpha value is -2.73. The zero-order valence-electron chi connectivity index (χ0n) is 20.3. The Bertz CT molecular complexity index is 1050. The molecule has 0 unspecified atom stereocenters. The van der Waals surface area contributed by atoms with Crippen molar-refractivity contribution in [3.63, 3.8) is 0 Å². The highest BCUT2D eigenvalue weighted by Crippen LogP contribution is 2.57. The van der Waals surface area contributed by atoms with Crippen LogP contribution in [0.3, 0.4) is 0 Å². The Morgan fingerprint density at radius 1 is 1.18 bits per heavy atom.